The van der Waals surface area contributed by atoms with Crippen LogP contribution in [0.15, 0.2) is 53.7 Å². The number of carbonyl (C=O) groups is 2. The molecule has 1 saturated carbocycles. The number of aromatic nitrogens is 3. The minimum atomic E-state index is -0.606. The van der Waals surface area contributed by atoms with Crippen molar-refractivity contribution in [1.29, 1.82) is 0 Å². The average Bonchev–Trinajstić information content (AvgIpc) is 3.30. The van der Waals surface area contributed by atoms with Crippen molar-refractivity contribution in [3.63, 3.8) is 0 Å². The lowest BCUT2D eigenvalue weighted by molar-refractivity contribution is -0.384. The lowest BCUT2D eigenvalue weighted by Gasteiger charge is -2.25. The molecule has 10 nitrogen and oxygen atoms in total. The Morgan fingerprint density at radius 2 is 1.77 bits per heavy atom. The summed E-state index contributed by atoms with van der Waals surface area (Å²) >= 11 is 1.15. The molecule has 0 atom stereocenters. The van der Waals surface area contributed by atoms with E-state index in [1.807, 2.05) is 4.57 Å². The van der Waals surface area contributed by atoms with Crippen molar-refractivity contribution in [3.8, 4) is 11.4 Å². The summed E-state index contributed by atoms with van der Waals surface area (Å²) in [5, 5.41) is 19.7. The Morgan fingerprint density at radius 1 is 1.06 bits per heavy atom. The van der Waals surface area contributed by atoms with E-state index in [4.69, 9.17) is 0 Å². The van der Waals surface area contributed by atoms with E-state index in [0.29, 0.717) is 16.5 Å². The minimum Gasteiger partial charge on any atom is -0.299 e. The lowest BCUT2D eigenvalue weighted by atomic mass is 9.95. The number of nitro groups is 1. The molecule has 35 heavy (non-hydrogen) atoms. The molecule has 0 spiro atoms. The quantitative estimate of drug-likeness (QED) is 0.285. The number of thioether (sulfide) groups is 1. The van der Waals surface area contributed by atoms with Crippen LogP contribution in [0.4, 0.5) is 10.1 Å². The third-order valence-electron chi connectivity index (χ3n) is 5.71. The van der Waals surface area contributed by atoms with Crippen LogP contribution in [0.25, 0.3) is 11.4 Å². The van der Waals surface area contributed by atoms with Crippen LogP contribution in [-0.4, -0.2) is 37.3 Å². The summed E-state index contributed by atoms with van der Waals surface area (Å²) in [7, 11) is 0. The van der Waals surface area contributed by atoms with Crippen LogP contribution in [0.1, 0.15) is 48.5 Å². The molecular weight excluding hydrogens is 475 g/mol. The van der Waals surface area contributed by atoms with Crippen molar-refractivity contribution in [2.75, 3.05) is 5.75 Å². The van der Waals surface area contributed by atoms with E-state index in [1.54, 1.807) is 18.2 Å². The topological polar surface area (TPSA) is 132 Å². The molecule has 4 rings (SSSR count). The Balaban J connectivity index is 1.41. The predicted molar refractivity (Wildman–Crippen MR) is 127 cm³/mol. The summed E-state index contributed by atoms with van der Waals surface area (Å²) < 4.78 is 16.4. The molecule has 0 aliphatic heterocycles. The molecule has 1 aliphatic rings. The van der Waals surface area contributed by atoms with Gasteiger partial charge in [0.1, 0.15) is 5.82 Å². The van der Waals surface area contributed by atoms with Gasteiger partial charge >= 0.3 is 0 Å². The van der Waals surface area contributed by atoms with E-state index in [1.165, 1.54) is 30.3 Å². The standard InChI is InChI=1S/C23H23FN6O4S/c24-19-9-5-4-8-18(19)21-26-28-23(29(21)16-6-2-1-3-7-16)35-14-20(31)25-27-22(32)15-10-12-17(13-11-15)30(33)34/h4-5,8-13,16H,1-3,6-7,14H2,(H,25,31)(H,27,32). The molecule has 2 aromatic carbocycles. The maximum atomic E-state index is 14.5. The largest absolute Gasteiger partial charge is 0.299 e. The van der Waals surface area contributed by atoms with Gasteiger partial charge in [-0.3, -0.25) is 35.1 Å². The van der Waals surface area contributed by atoms with Crippen LogP contribution in [0, 0.1) is 15.9 Å². The second-order valence-corrected chi connectivity index (χ2v) is 8.99. The number of non-ortho nitro benzene ring substituents is 1. The van der Waals surface area contributed by atoms with Crippen LogP contribution in [0.2, 0.25) is 0 Å². The van der Waals surface area contributed by atoms with Gasteiger partial charge in [0.2, 0.25) is 5.91 Å². The molecule has 2 amide bonds. The van der Waals surface area contributed by atoms with E-state index in [9.17, 15) is 24.1 Å². The number of hydrogen-bond donors (Lipinski definition) is 2. The molecular formula is C23H23FN6O4S. The summed E-state index contributed by atoms with van der Waals surface area (Å²) in [6.45, 7) is 0. The predicted octanol–water partition coefficient (Wildman–Crippen LogP) is 4.05. The van der Waals surface area contributed by atoms with E-state index >= 15 is 0 Å². The fourth-order valence-electron chi connectivity index (χ4n) is 3.97. The molecule has 3 aromatic rings. The van der Waals surface area contributed by atoms with Crippen molar-refractivity contribution >= 4 is 29.3 Å². The zero-order valence-electron chi connectivity index (χ0n) is 18.6. The highest BCUT2D eigenvalue weighted by Gasteiger charge is 2.25. The number of halogens is 1. The number of benzene rings is 2. The fraction of sp³-hybridized carbons (Fsp3) is 0.304. The Bertz CT molecular complexity index is 1230. The Labute approximate surface area is 204 Å². The summed E-state index contributed by atoms with van der Waals surface area (Å²) in [5.41, 5.74) is 4.99. The molecule has 0 unspecified atom stereocenters. The van der Waals surface area contributed by atoms with Gasteiger partial charge in [0, 0.05) is 23.7 Å². The molecule has 1 fully saturated rings. The van der Waals surface area contributed by atoms with Gasteiger partial charge in [0.05, 0.1) is 16.2 Å². The van der Waals surface area contributed by atoms with Gasteiger partial charge in [-0.15, -0.1) is 10.2 Å². The second kappa shape index (κ2) is 11.1. The Hall–Kier alpha value is -3.80. The summed E-state index contributed by atoms with van der Waals surface area (Å²) in [5.74, 6) is -1.09. The molecule has 12 heteroatoms. The Morgan fingerprint density at radius 3 is 2.46 bits per heavy atom. The van der Waals surface area contributed by atoms with E-state index < -0.39 is 16.7 Å². The van der Waals surface area contributed by atoms with Crippen molar-refractivity contribution < 1.29 is 18.9 Å². The van der Waals surface area contributed by atoms with Gasteiger partial charge in [-0.25, -0.2) is 4.39 Å². The van der Waals surface area contributed by atoms with E-state index in [-0.39, 0.29) is 28.9 Å². The SMILES string of the molecule is O=C(CSc1nnc(-c2ccccc2F)n1C1CCCCC1)NNC(=O)c1ccc([N+](=O)[O-])cc1. The zero-order valence-corrected chi connectivity index (χ0v) is 19.5. The highest BCUT2D eigenvalue weighted by molar-refractivity contribution is 7.99. The monoisotopic (exact) mass is 498 g/mol. The highest BCUT2D eigenvalue weighted by atomic mass is 32.2. The normalized spacial score (nSPS) is 13.9. The first-order chi connectivity index (χ1) is 16.9. The smallest absolute Gasteiger partial charge is 0.269 e. The highest BCUT2D eigenvalue weighted by Crippen LogP contribution is 2.36. The average molecular weight is 499 g/mol. The van der Waals surface area contributed by atoms with E-state index in [2.05, 4.69) is 21.0 Å². The Kier molecular flexibility index (Phi) is 7.70. The van der Waals surface area contributed by atoms with Gasteiger partial charge in [0.15, 0.2) is 11.0 Å². The first-order valence-electron chi connectivity index (χ1n) is 11.1. The minimum absolute atomic E-state index is 0.0529. The van der Waals surface area contributed by atoms with Crippen LogP contribution in [0.5, 0.6) is 0 Å². The first kappa shape index (κ1) is 24.3. The third-order valence-corrected chi connectivity index (χ3v) is 6.65. The maximum Gasteiger partial charge on any atom is 0.269 e. The summed E-state index contributed by atoms with van der Waals surface area (Å²) in [6.07, 6.45) is 5.10. The fourth-order valence-corrected chi connectivity index (χ4v) is 4.77. The molecule has 2 N–H and O–H groups in total. The molecule has 1 aromatic heterocycles. The number of nitro benzene ring substituents is 1. The van der Waals surface area contributed by atoms with Gasteiger partial charge < -0.3 is 0 Å². The molecule has 1 aliphatic carbocycles. The second-order valence-electron chi connectivity index (χ2n) is 8.04. The first-order valence-corrected chi connectivity index (χ1v) is 12.1. The zero-order chi connectivity index (χ0) is 24.8. The van der Waals surface area contributed by atoms with Crippen molar-refractivity contribution in [1.82, 2.24) is 25.6 Å². The third kappa shape index (κ3) is 5.83. The number of nitrogens with one attached hydrogen (secondary N) is 2. The maximum absolute atomic E-state index is 14.5. The van der Waals surface area contributed by atoms with Crippen LogP contribution >= 0.6 is 11.8 Å². The van der Waals surface area contributed by atoms with Crippen molar-refractivity contribution in [3.05, 3.63) is 70.0 Å². The molecule has 0 radical (unpaired) electrons. The van der Waals surface area contributed by atoms with Crippen LogP contribution in [-0.2, 0) is 4.79 Å². The molecule has 182 valence electrons. The number of rotatable bonds is 7. The van der Waals surface area contributed by atoms with Crippen molar-refractivity contribution in [2.24, 2.45) is 0 Å². The number of hydrogen-bond acceptors (Lipinski definition) is 7. The number of hydrazine groups is 1. The summed E-state index contributed by atoms with van der Waals surface area (Å²) in [6, 6.07) is 11.5. The van der Waals surface area contributed by atoms with Crippen LogP contribution in [0.3, 0.4) is 0 Å². The molecule has 0 saturated heterocycles. The van der Waals surface area contributed by atoms with Crippen LogP contribution < -0.4 is 10.9 Å². The van der Waals surface area contributed by atoms with Crippen molar-refractivity contribution in [2.45, 2.75) is 43.3 Å². The van der Waals surface area contributed by atoms with E-state index in [0.717, 1.165) is 43.9 Å². The van der Waals surface area contributed by atoms with Gasteiger partial charge in [0.25, 0.3) is 11.6 Å². The molecule has 0 bridgehead atoms. The van der Waals surface area contributed by atoms with Gasteiger partial charge in [-0.1, -0.05) is 43.2 Å². The number of amides is 2. The van der Waals surface area contributed by atoms with Gasteiger partial charge in [-0.05, 0) is 37.1 Å². The van der Waals surface area contributed by atoms with Gasteiger partial charge in [-0.2, -0.15) is 0 Å². The number of nitrogens with zero attached hydrogens (tertiary/aromatic N) is 4. The molecule has 1 heterocycles. The summed E-state index contributed by atoms with van der Waals surface area (Å²) in [4.78, 5) is 34.7. The number of carbonyl (C=O) groups excluding carboxylic acids is 2. The lowest BCUT2D eigenvalue weighted by Crippen LogP contribution is -2.42.